The number of hydrogen-bond acceptors (Lipinski definition) is 18. The molecule has 18 nitrogen and oxygen atoms in total. The molecule has 63 heavy (non-hydrogen) atoms. The molecule has 0 saturated heterocycles. The zero-order chi connectivity index (χ0) is 48.4. The molecule has 0 aliphatic rings. The predicted octanol–water partition coefficient (Wildman–Crippen LogP) is 13.6. The first-order valence-electron chi connectivity index (χ1n) is 23.1. The van der Waals surface area contributed by atoms with Crippen LogP contribution in [0.25, 0.3) is 0 Å². The molecule has 24 heteroatoms. The molecule has 0 N–H and O–H groups in total. The third-order valence-electron chi connectivity index (χ3n) is 10.1. The van der Waals surface area contributed by atoms with Crippen LogP contribution in [0.15, 0.2) is 0 Å². The zero-order valence-electron chi connectivity index (χ0n) is 40.9. The first-order valence-corrected chi connectivity index (χ1v) is 32.7. The minimum atomic E-state index is -4.18. The van der Waals surface area contributed by atoms with Crippen LogP contribution in [0.3, 0.4) is 0 Å². The maximum atomic E-state index is 15.2. The highest BCUT2D eigenvalue weighted by molar-refractivity contribution is 7.60. The highest BCUT2D eigenvalue weighted by atomic mass is 31.2. The molecule has 380 valence electrons. The van der Waals surface area contributed by atoms with Gasteiger partial charge in [0, 0.05) is 0 Å². The van der Waals surface area contributed by atoms with Crippen LogP contribution in [0.1, 0.15) is 142 Å². The molecule has 0 aliphatic carbocycles. The average molecular weight is 1030 g/mol. The van der Waals surface area contributed by atoms with Gasteiger partial charge < -0.3 is 54.3 Å². The molecule has 0 heterocycles. The molecule has 0 rings (SSSR count). The van der Waals surface area contributed by atoms with Crippen molar-refractivity contribution in [3.63, 3.8) is 0 Å². The van der Waals surface area contributed by atoms with E-state index in [0.29, 0.717) is 0 Å². The van der Waals surface area contributed by atoms with E-state index in [9.17, 15) is 9.13 Å². The van der Waals surface area contributed by atoms with Gasteiger partial charge in [0.1, 0.15) is 0 Å². The lowest BCUT2D eigenvalue weighted by Crippen LogP contribution is -2.33. The monoisotopic (exact) mass is 1030 g/mol. The molecule has 0 radical (unpaired) electrons. The summed E-state index contributed by atoms with van der Waals surface area (Å²) in [5.41, 5.74) is -5.86. The molecule has 0 aliphatic heterocycles. The van der Waals surface area contributed by atoms with E-state index in [2.05, 4.69) is 0 Å². The summed E-state index contributed by atoms with van der Waals surface area (Å²) >= 11 is 0. The lowest BCUT2D eigenvalue weighted by molar-refractivity contribution is 0.185. The van der Waals surface area contributed by atoms with Crippen molar-refractivity contribution in [1.82, 2.24) is 0 Å². The van der Waals surface area contributed by atoms with Crippen LogP contribution < -0.4 is 0 Å². The lowest BCUT2D eigenvalue weighted by atomic mass is 10.0. The Balaban J connectivity index is 7.94. The Morgan fingerprint density at radius 1 is 0.254 bits per heavy atom. The van der Waals surface area contributed by atoms with Crippen LogP contribution in [0.5, 0.6) is 0 Å². The van der Waals surface area contributed by atoms with Gasteiger partial charge in [-0.15, -0.1) is 0 Å². The van der Waals surface area contributed by atoms with Gasteiger partial charge in [0.25, 0.3) is 0 Å². The lowest BCUT2D eigenvalue weighted by Gasteiger charge is -2.38. The Kier molecular flexibility index (Phi) is 33.1. The minimum absolute atomic E-state index is 0.00224. The van der Waals surface area contributed by atoms with Gasteiger partial charge in [0.05, 0.1) is 113 Å². The van der Waals surface area contributed by atoms with Gasteiger partial charge in [-0.05, 0) is 122 Å². The van der Waals surface area contributed by atoms with E-state index in [1.807, 2.05) is 0 Å². The summed E-state index contributed by atoms with van der Waals surface area (Å²) in [5.74, 6) is 0. The van der Waals surface area contributed by atoms with Crippen LogP contribution in [-0.2, 0) is 81.7 Å². The van der Waals surface area contributed by atoms with Gasteiger partial charge in [-0.2, -0.15) is 0 Å². The Morgan fingerprint density at radius 3 is 0.587 bits per heavy atom. The summed E-state index contributed by atoms with van der Waals surface area (Å²) in [6, 6.07) is 0. The Hall–Kier alpha value is 0.900. The van der Waals surface area contributed by atoms with E-state index in [1.165, 1.54) is 0 Å². The van der Waals surface area contributed by atoms with Crippen molar-refractivity contribution >= 4 is 45.6 Å². The third kappa shape index (κ3) is 19.7. The maximum Gasteiger partial charge on any atom is 0.334 e. The molecule has 0 amide bonds. The van der Waals surface area contributed by atoms with Crippen molar-refractivity contribution in [2.45, 2.75) is 176 Å². The normalized spacial score (nSPS) is 16.5. The summed E-state index contributed by atoms with van der Waals surface area (Å²) in [6.45, 7) is 24.1. The zero-order valence-corrected chi connectivity index (χ0v) is 46.3. The third-order valence-corrected chi connectivity index (χ3v) is 26.3. The van der Waals surface area contributed by atoms with E-state index in [0.717, 1.165) is 0 Å². The fourth-order valence-electron chi connectivity index (χ4n) is 7.58. The molecule has 6 unspecified atom stereocenters. The quantitative estimate of drug-likeness (QED) is 0.0520. The van der Waals surface area contributed by atoms with Gasteiger partial charge in [0.15, 0.2) is 0 Å². The smallest absolute Gasteiger partial charge is 0.309 e. The van der Waals surface area contributed by atoms with Crippen LogP contribution in [0.4, 0.5) is 0 Å². The fourth-order valence-corrected chi connectivity index (χ4v) is 22.0. The van der Waals surface area contributed by atoms with Gasteiger partial charge in [0.2, 0.25) is 0 Å². The van der Waals surface area contributed by atoms with Gasteiger partial charge in [-0.25, -0.2) is 0 Å². The topological polar surface area (TPSA) is 213 Å². The number of hydrogen-bond donors (Lipinski definition) is 0. The molecule has 0 aromatic carbocycles. The Bertz CT molecular complexity index is 1350. The Labute approximate surface area is 381 Å². The van der Waals surface area contributed by atoms with Gasteiger partial charge in [-0.1, -0.05) is 20.3 Å². The van der Waals surface area contributed by atoms with E-state index < -0.39 is 79.5 Å². The molecule has 0 fully saturated rings. The van der Waals surface area contributed by atoms with Crippen LogP contribution >= 0.6 is 45.6 Å². The summed E-state index contributed by atoms with van der Waals surface area (Å²) in [7, 11) is -23.9. The largest absolute Gasteiger partial charge is 0.334 e. The van der Waals surface area contributed by atoms with Crippen LogP contribution in [-0.4, -0.2) is 113 Å². The average Bonchev–Trinajstić information content (AvgIpc) is 3.20. The molecule has 0 aromatic heterocycles. The summed E-state index contributed by atoms with van der Waals surface area (Å²) in [5, 5.41) is 0. The van der Waals surface area contributed by atoms with Crippen molar-refractivity contribution in [3.05, 3.63) is 0 Å². The second kappa shape index (κ2) is 32.7. The van der Waals surface area contributed by atoms with Crippen molar-refractivity contribution in [3.8, 4) is 0 Å². The van der Waals surface area contributed by atoms with Crippen LogP contribution in [0, 0.1) is 0 Å². The predicted molar refractivity (Wildman–Crippen MR) is 252 cm³/mol. The van der Waals surface area contributed by atoms with Crippen LogP contribution in [0.2, 0.25) is 0 Å². The van der Waals surface area contributed by atoms with Crippen molar-refractivity contribution in [2.75, 3.05) is 79.3 Å². The van der Waals surface area contributed by atoms with E-state index in [1.54, 1.807) is 96.9 Å². The van der Waals surface area contributed by atoms with E-state index in [-0.39, 0.29) is 124 Å². The summed E-state index contributed by atoms with van der Waals surface area (Å²) < 4.78 is 159. The first kappa shape index (κ1) is 63.9. The second-order valence-electron chi connectivity index (χ2n) is 14.3. The minimum Gasteiger partial charge on any atom is -0.309 e. The molecular formula is C39H86O18P6. The van der Waals surface area contributed by atoms with E-state index >= 15 is 18.3 Å². The molecular weight excluding hydrogens is 942 g/mol. The first-order chi connectivity index (χ1) is 29.7. The maximum absolute atomic E-state index is 15.2. The number of rotatable bonds is 42. The van der Waals surface area contributed by atoms with Crippen molar-refractivity contribution in [2.24, 2.45) is 0 Å². The van der Waals surface area contributed by atoms with Gasteiger partial charge in [-0.3, -0.25) is 27.4 Å². The second-order valence-corrected chi connectivity index (χ2v) is 28.3. The van der Waals surface area contributed by atoms with Crippen molar-refractivity contribution < 1.29 is 81.7 Å². The molecule has 0 spiro atoms. The summed E-state index contributed by atoms with van der Waals surface area (Å²) in [6.07, 6.45) is 0.433. The SMILES string of the molecule is CCOP(=O)(OCC)C(C)CCC(C(CCCC(C(CCC(C)P(=O)(OCC)OCC)P(=O)(OCC)OCC)P(=O)(OCC)OCC)P(=O)(OCC)OCC)P(=O)(OCC)OCC. The van der Waals surface area contributed by atoms with E-state index in [4.69, 9.17) is 54.3 Å². The molecule has 0 aromatic rings. The Morgan fingerprint density at radius 2 is 0.413 bits per heavy atom. The fraction of sp³-hybridized carbons (Fsp3) is 1.00. The molecule has 6 atom stereocenters. The summed E-state index contributed by atoms with van der Waals surface area (Å²) in [4.78, 5) is 0. The standard InChI is InChI=1S/C39H86O18P6/c1-15-46-58(40,47-16-2)34(13)30-32-38(62(44,54-23-9)55-24-10)36(60(42,50-19-5)51-20-6)28-27-29-37(61(43,52-21-7)53-22-8)39(63(45,56-25-11)57-26-12)33-31-35(14)59(41,48-17-3)49-18-4/h34-39H,15-33H2,1-14H3. The molecule has 0 saturated carbocycles. The highest BCUT2D eigenvalue weighted by Crippen LogP contribution is 2.69. The van der Waals surface area contributed by atoms with Crippen molar-refractivity contribution in [1.29, 1.82) is 0 Å². The highest BCUT2D eigenvalue weighted by Gasteiger charge is 2.53. The van der Waals surface area contributed by atoms with Gasteiger partial charge >= 0.3 is 45.6 Å². The molecule has 0 bridgehead atoms.